The molecule has 0 bridgehead atoms. The number of nitrogens with one attached hydrogen (secondary N) is 1. The van der Waals surface area contributed by atoms with E-state index in [0.29, 0.717) is 23.7 Å². The van der Waals surface area contributed by atoms with Crippen LogP contribution in [0.1, 0.15) is 12.0 Å². The molecule has 0 spiro atoms. The van der Waals surface area contributed by atoms with Gasteiger partial charge in [0.15, 0.2) is 5.82 Å². The Morgan fingerprint density at radius 2 is 1.95 bits per heavy atom. The van der Waals surface area contributed by atoms with Gasteiger partial charge in [0.25, 0.3) is 0 Å². The van der Waals surface area contributed by atoms with Gasteiger partial charge in [-0.25, -0.2) is 18.5 Å². The lowest BCUT2D eigenvalue weighted by Crippen LogP contribution is -2.16. The van der Waals surface area contributed by atoms with Gasteiger partial charge in [0, 0.05) is 5.69 Å². The zero-order chi connectivity index (χ0) is 16.2. The van der Waals surface area contributed by atoms with Crippen molar-refractivity contribution in [3.05, 3.63) is 46.3 Å². The quantitative estimate of drug-likeness (QED) is 0.771. The number of benzene rings is 1. The van der Waals surface area contributed by atoms with E-state index in [9.17, 15) is 8.42 Å². The average molecular weight is 361 g/mol. The Morgan fingerprint density at radius 3 is 2.68 bits per heavy atom. The number of primary sulfonamides is 1. The van der Waals surface area contributed by atoms with E-state index < -0.39 is 10.0 Å². The molecule has 2 rings (SSSR count). The monoisotopic (exact) mass is 360 g/mol. The highest BCUT2D eigenvalue weighted by Crippen LogP contribution is 2.26. The van der Waals surface area contributed by atoms with E-state index in [0.717, 1.165) is 11.3 Å². The number of hydrogen-bond acceptors (Lipinski definition) is 5. The lowest BCUT2D eigenvalue weighted by molar-refractivity contribution is 0.595. The molecule has 0 atom stereocenters. The van der Waals surface area contributed by atoms with Crippen LogP contribution in [0, 0.1) is 0 Å². The number of para-hydroxylation sites is 1. The molecule has 0 saturated carbocycles. The summed E-state index contributed by atoms with van der Waals surface area (Å²) in [6, 6.07) is 7.45. The molecule has 6 nitrogen and oxygen atoms in total. The van der Waals surface area contributed by atoms with Gasteiger partial charge in [-0.3, -0.25) is 0 Å². The second-order valence-corrected chi connectivity index (χ2v) is 7.07. The first-order chi connectivity index (χ1) is 10.3. The number of aryl methyl sites for hydroxylation is 1. The Morgan fingerprint density at radius 1 is 1.23 bits per heavy atom. The molecule has 0 aliphatic rings. The molecule has 22 heavy (non-hydrogen) atoms. The Balaban J connectivity index is 2.16. The molecule has 0 unspecified atom stereocenters. The van der Waals surface area contributed by atoms with Crippen LogP contribution >= 0.6 is 23.2 Å². The van der Waals surface area contributed by atoms with E-state index in [1.807, 2.05) is 24.3 Å². The number of nitrogens with two attached hydrogens (primary N) is 1. The molecule has 0 radical (unpaired) electrons. The molecule has 1 aromatic carbocycles. The number of nitrogens with zero attached hydrogens (tertiary/aromatic N) is 2. The minimum atomic E-state index is -3.46. The van der Waals surface area contributed by atoms with E-state index in [1.165, 1.54) is 6.20 Å². The van der Waals surface area contributed by atoms with Gasteiger partial charge in [0.05, 0.1) is 11.9 Å². The van der Waals surface area contributed by atoms with Crippen molar-refractivity contribution in [1.29, 1.82) is 0 Å². The maximum absolute atomic E-state index is 11.0. The van der Waals surface area contributed by atoms with Gasteiger partial charge in [-0.2, -0.15) is 4.98 Å². The van der Waals surface area contributed by atoms with Crippen molar-refractivity contribution in [3.63, 3.8) is 0 Å². The van der Waals surface area contributed by atoms with Crippen LogP contribution < -0.4 is 10.5 Å². The lowest BCUT2D eigenvalue weighted by atomic mass is 10.1. The number of aromatic nitrogens is 2. The van der Waals surface area contributed by atoms with Crippen molar-refractivity contribution in [2.75, 3.05) is 11.1 Å². The second kappa shape index (κ2) is 7.23. The Bertz CT molecular complexity index is 768. The van der Waals surface area contributed by atoms with E-state index >= 15 is 0 Å². The highest BCUT2D eigenvalue weighted by molar-refractivity contribution is 7.89. The minimum Gasteiger partial charge on any atom is -0.339 e. The van der Waals surface area contributed by atoms with E-state index in [2.05, 4.69) is 15.3 Å². The van der Waals surface area contributed by atoms with Crippen LogP contribution in [0.25, 0.3) is 0 Å². The highest BCUT2D eigenvalue weighted by Gasteiger charge is 2.09. The van der Waals surface area contributed by atoms with Crippen molar-refractivity contribution in [3.8, 4) is 0 Å². The fourth-order valence-corrected chi connectivity index (χ4v) is 2.70. The van der Waals surface area contributed by atoms with Gasteiger partial charge >= 0.3 is 0 Å². The van der Waals surface area contributed by atoms with Crippen molar-refractivity contribution >= 4 is 44.7 Å². The van der Waals surface area contributed by atoms with Crippen molar-refractivity contribution < 1.29 is 8.42 Å². The molecule has 1 heterocycles. The molecule has 118 valence electrons. The van der Waals surface area contributed by atoms with Crippen LogP contribution in [0.5, 0.6) is 0 Å². The molecular weight excluding hydrogens is 347 g/mol. The maximum atomic E-state index is 11.0. The van der Waals surface area contributed by atoms with Crippen LogP contribution in [0.15, 0.2) is 30.5 Å². The number of sulfonamides is 1. The number of rotatable bonds is 6. The summed E-state index contributed by atoms with van der Waals surface area (Å²) in [4.78, 5) is 7.81. The Labute approximate surface area is 138 Å². The number of anilines is 2. The Kier molecular flexibility index (Phi) is 5.57. The molecule has 0 amide bonds. The fourth-order valence-electron chi connectivity index (χ4n) is 1.88. The zero-order valence-electron chi connectivity index (χ0n) is 11.5. The summed E-state index contributed by atoms with van der Waals surface area (Å²) >= 11 is 11.8. The largest absolute Gasteiger partial charge is 0.339 e. The SMILES string of the molecule is NS(=O)(=O)CCCc1ccccc1Nc1nc(Cl)ncc1Cl. The number of hydrogen-bond donors (Lipinski definition) is 2. The smallest absolute Gasteiger partial charge is 0.224 e. The second-order valence-electron chi connectivity index (χ2n) is 4.59. The van der Waals surface area contributed by atoms with E-state index in [-0.39, 0.29) is 11.0 Å². The van der Waals surface area contributed by atoms with Crippen molar-refractivity contribution in [2.24, 2.45) is 5.14 Å². The first-order valence-electron chi connectivity index (χ1n) is 6.38. The molecule has 0 aliphatic carbocycles. The third-order valence-corrected chi connectivity index (χ3v) is 4.18. The van der Waals surface area contributed by atoms with Gasteiger partial charge in [-0.15, -0.1) is 0 Å². The topological polar surface area (TPSA) is 98.0 Å². The Hall–Kier alpha value is -1.41. The summed E-state index contributed by atoms with van der Waals surface area (Å²) in [6.07, 6.45) is 2.38. The first-order valence-corrected chi connectivity index (χ1v) is 8.86. The number of halogens is 2. The molecule has 3 N–H and O–H groups in total. The highest BCUT2D eigenvalue weighted by atomic mass is 35.5. The normalized spacial score (nSPS) is 11.4. The average Bonchev–Trinajstić information content (AvgIpc) is 2.43. The summed E-state index contributed by atoms with van der Waals surface area (Å²) in [5, 5.41) is 8.51. The molecule has 0 saturated heterocycles. The van der Waals surface area contributed by atoms with E-state index in [1.54, 1.807) is 0 Å². The maximum Gasteiger partial charge on any atom is 0.224 e. The summed E-state index contributed by atoms with van der Waals surface area (Å²) < 4.78 is 22.0. The third kappa shape index (κ3) is 5.10. The molecule has 0 fully saturated rings. The van der Waals surface area contributed by atoms with Crippen LogP contribution in [0.3, 0.4) is 0 Å². The predicted octanol–water partition coefficient (Wildman–Crippen LogP) is 2.75. The molecule has 9 heteroatoms. The van der Waals surface area contributed by atoms with Gasteiger partial charge < -0.3 is 5.32 Å². The summed E-state index contributed by atoms with van der Waals surface area (Å²) in [5.74, 6) is 0.321. The zero-order valence-corrected chi connectivity index (χ0v) is 13.8. The predicted molar refractivity (Wildman–Crippen MR) is 88.1 cm³/mol. The summed E-state index contributed by atoms with van der Waals surface area (Å²) in [5.41, 5.74) is 1.70. The van der Waals surface area contributed by atoms with Gasteiger partial charge in [0.1, 0.15) is 5.02 Å². The molecule has 1 aromatic heterocycles. The lowest BCUT2D eigenvalue weighted by Gasteiger charge is -2.12. The van der Waals surface area contributed by atoms with Crippen LogP contribution in [-0.2, 0) is 16.4 Å². The summed E-state index contributed by atoms with van der Waals surface area (Å²) in [7, 11) is -3.46. The molecule has 0 aliphatic heterocycles. The molecular formula is C13H14Cl2N4O2S. The van der Waals surface area contributed by atoms with Crippen LogP contribution in [0.4, 0.5) is 11.5 Å². The fraction of sp³-hybridized carbons (Fsp3) is 0.231. The summed E-state index contributed by atoms with van der Waals surface area (Å²) in [6.45, 7) is 0. The third-order valence-electron chi connectivity index (χ3n) is 2.86. The first kappa shape index (κ1) is 17.0. The van der Waals surface area contributed by atoms with Crippen molar-refractivity contribution in [2.45, 2.75) is 12.8 Å². The van der Waals surface area contributed by atoms with Gasteiger partial charge in [0.2, 0.25) is 15.3 Å². The molecule has 2 aromatic rings. The van der Waals surface area contributed by atoms with Crippen molar-refractivity contribution in [1.82, 2.24) is 9.97 Å². The van der Waals surface area contributed by atoms with Gasteiger partial charge in [-0.1, -0.05) is 29.8 Å². The minimum absolute atomic E-state index is 0.0680. The van der Waals surface area contributed by atoms with E-state index in [4.69, 9.17) is 28.3 Å². The van der Waals surface area contributed by atoms with Gasteiger partial charge in [-0.05, 0) is 36.1 Å². The van der Waals surface area contributed by atoms with Crippen LogP contribution in [-0.4, -0.2) is 24.1 Å². The van der Waals surface area contributed by atoms with Crippen LogP contribution in [0.2, 0.25) is 10.3 Å². The standard InChI is InChI=1S/C13H14Cl2N4O2S/c14-10-8-17-13(15)19-12(10)18-11-6-2-1-4-9(11)5-3-7-22(16,20)21/h1-2,4,6,8H,3,5,7H2,(H2,16,20,21)(H,17,18,19).